The molecule has 0 spiro atoms. The third-order valence-electron chi connectivity index (χ3n) is 2.60. The van der Waals surface area contributed by atoms with Gasteiger partial charge in [0.2, 0.25) is 0 Å². The highest BCUT2D eigenvalue weighted by Crippen LogP contribution is 2.23. The van der Waals surface area contributed by atoms with Crippen molar-refractivity contribution < 1.29 is 31.6 Å². The third-order valence-corrected chi connectivity index (χ3v) is 4.28. The molecule has 4 nitrogen and oxygen atoms in total. The highest BCUT2D eigenvalue weighted by Gasteiger charge is 2.31. The van der Waals surface area contributed by atoms with Crippen LogP contribution >= 0.6 is 0 Å². The zero-order valence-corrected chi connectivity index (χ0v) is 12.3. The normalized spacial score (nSPS) is 14.3. The van der Waals surface area contributed by atoms with Crippen LogP contribution in [0.15, 0.2) is 24.3 Å². The average Bonchev–Trinajstić information content (AvgIpc) is 2.39. The molecule has 0 heterocycles. The lowest BCUT2D eigenvalue weighted by Crippen LogP contribution is -2.18. The molecule has 0 saturated heterocycles. The predicted molar refractivity (Wildman–Crippen MR) is 71.1 cm³/mol. The van der Waals surface area contributed by atoms with Gasteiger partial charge < -0.3 is 9.47 Å². The molecule has 0 aromatic heterocycles. The van der Waals surface area contributed by atoms with Gasteiger partial charge in [-0.3, -0.25) is 9.00 Å². The second-order valence-electron chi connectivity index (χ2n) is 4.31. The molecule has 1 rings (SSSR count). The molecule has 0 saturated carbocycles. The fourth-order valence-corrected chi connectivity index (χ4v) is 2.63. The molecule has 118 valence electrons. The first-order valence-electron chi connectivity index (χ1n) is 6.00. The Hall–Kier alpha value is -1.57. The molecule has 0 amide bonds. The van der Waals surface area contributed by atoms with Crippen LogP contribution in [0.4, 0.5) is 13.2 Å². The summed E-state index contributed by atoms with van der Waals surface area (Å²) in [5.74, 6) is -0.644. The van der Waals surface area contributed by atoms with Gasteiger partial charge in [-0.15, -0.1) is 13.2 Å². The second-order valence-corrected chi connectivity index (χ2v) is 6.16. The molecule has 0 aliphatic rings. The number of methoxy groups -OCH3 is 1. The van der Waals surface area contributed by atoms with Crippen molar-refractivity contribution in [2.24, 2.45) is 0 Å². The number of ether oxygens (including phenoxy) is 2. The number of hydrogen-bond acceptors (Lipinski definition) is 4. The van der Waals surface area contributed by atoms with Gasteiger partial charge in [0.05, 0.1) is 13.5 Å². The van der Waals surface area contributed by atoms with Crippen LogP contribution in [0.5, 0.6) is 5.75 Å². The Labute approximate surface area is 122 Å². The third kappa shape index (κ3) is 6.61. The predicted octanol–water partition coefficient (Wildman–Crippen LogP) is 2.79. The minimum Gasteiger partial charge on any atom is -0.469 e. The largest absolute Gasteiger partial charge is 0.573 e. The lowest BCUT2D eigenvalue weighted by atomic mass is 10.2. The minimum atomic E-state index is -4.74. The smallest absolute Gasteiger partial charge is 0.469 e. The van der Waals surface area contributed by atoms with E-state index in [9.17, 15) is 22.2 Å². The van der Waals surface area contributed by atoms with Crippen molar-refractivity contribution in [3.8, 4) is 5.75 Å². The molecule has 0 fully saturated rings. The van der Waals surface area contributed by atoms with Crippen LogP contribution in [-0.2, 0) is 26.1 Å². The fourth-order valence-electron chi connectivity index (χ4n) is 1.50. The summed E-state index contributed by atoms with van der Waals surface area (Å²) in [4.78, 5) is 11.1. The van der Waals surface area contributed by atoms with E-state index in [0.717, 1.165) is 12.1 Å². The zero-order valence-electron chi connectivity index (χ0n) is 11.5. The van der Waals surface area contributed by atoms with E-state index in [4.69, 9.17) is 0 Å². The Bertz CT molecular complexity index is 499. The lowest BCUT2D eigenvalue weighted by Gasteiger charge is -2.11. The molecule has 21 heavy (non-hydrogen) atoms. The maximum absolute atomic E-state index is 12.0. The van der Waals surface area contributed by atoms with E-state index >= 15 is 0 Å². The van der Waals surface area contributed by atoms with Gasteiger partial charge in [-0.25, -0.2) is 0 Å². The topological polar surface area (TPSA) is 52.6 Å². The Morgan fingerprint density at radius 1 is 1.29 bits per heavy atom. The van der Waals surface area contributed by atoms with E-state index < -0.39 is 28.4 Å². The maximum Gasteiger partial charge on any atom is 0.573 e. The van der Waals surface area contributed by atoms with Crippen LogP contribution in [0.3, 0.4) is 0 Å². The summed E-state index contributed by atoms with van der Waals surface area (Å²) in [7, 11) is -0.0801. The monoisotopic (exact) mass is 324 g/mol. The molecule has 1 aromatic carbocycles. The van der Waals surface area contributed by atoms with Crippen molar-refractivity contribution in [1.82, 2.24) is 0 Å². The van der Waals surface area contributed by atoms with Gasteiger partial charge in [-0.05, 0) is 17.7 Å². The van der Waals surface area contributed by atoms with E-state index in [0.29, 0.717) is 5.56 Å². The van der Waals surface area contributed by atoms with Gasteiger partial charge in [-0.2, -0.15) is 0 Å². The highest BCUT2D eigenvalue weighted by atomic mass is 32.2. The number of benzene rings is 1. The molecule has 0 aliphatic carbocycles. The summed E-state index contributed by atoms with van der Waals surface area (Å²) in [5.41, 5.74) is 0.597. The average molecular weight is 324 g/mol. The van der Waals surface area contributed by atoms with Crippen molar-refractivity contribution in [3.05, 3.63) is 29.8 Å². The number of esters is 1. The van der Waals surface area contributed by atoms with Gasteiger partial charge in [0.15, 0.2) is 0 Å². The lowest BCUT2D eigenvalue weighted by molar-refractivity contribution is -0.274. The molecule has 0 bridgehead atoms. The second kappa shape index (κ2) is 7.44. The minimum absolute atomic E-state index is 0.0262. The first-order valence-corrected chi connectivity index (χ1v) is 7.38. The molecule has 0 radical (unpaired) electrons. The zero-order chi connectivity index (χ0) is 16.0. The number of alkyl halides is 3. The van der Waals surface area contributed by atoms with E-state index in [1.807, 2.05) is 0 Å². The van der Waals surface area contributed by atoms with Gasteiger partial charge in [0, 0.05) is 21.8 Å². The summed E-state index contributed by atoms with van der Waals surface area (Å²) in [6, 6.07) is 5.13. The number of rotatable bonds is 6. The van der Waals surface area contributed by atoms with E-state index in [-0.39, 0.29) is 17.9 Å². The van der Waals surface area contributed by atoms with Crippen LogP contribution < -0.4 is 4.74 Å². The first-order chi connectivity index (χ1) is 9.71. The number of hydrogen-bond donors (Lipinski definition) is 0. The molecule has 0 aliphatic heterocycles. The summed E-state index contributed by atoms with van der Waals surface area (Å²) in [5, 5.41) is -0.399. The first kappa shape index (κ1) is 17.5. The number of halogens is 3. The van der Waals surface area contributed by atoms with Gasteiger partial charge >= 0.3 is 12.3 Å². The van der Waals surface area contributed by atoms with Crippen LogP contribution in [0, 0.1) is 0 Å². The highest BCUT2D eigenvalue weighted by molar-refractivity contribution is 7.84. The standard InChI is InChI=1S/C13H15F3O4S/c1-9(7-12(17)19-2)21(18)8-10-3-5-11(6-4-10)20-13(14,15)16/h3-6,9H,7-8H2,1-2H3. The van der Waals surface area contributed by atoms with Gasteiger partial charge in [0.1, 0.15) is 5.75 Å². The van der Waals surface area contributed by atoms with E-state index in [2.05, 4.69) is 9.47 Å². The summed E-state index contributed by atoms with van der Waals surface area (Å²) >= 11 is 0. The van der Waals surface area contributed by atoms with Crippen molar-refractivity contribution in [3.63, 3.8) is 0 Å². The molecular formula is C13H15F3O4S. The fraction of sp³-hybridized carbons (Fsp3) is 0.462. The van der Waals surface area contributed by atoms with Crippen molar-refractivity contribution in [2.75, 3.05) is 7.11 Å². The van der Waals surface area contributed by atoms with Crippen LogP contribution in [0.25, 0.3) is 0 Å². The molecule has 1 aromatic rings. The Morgan fingerprint density at radius 3 is 2.33 bits per heavy atom. The summed E-state index contributed by atoms with van der Waals surface area (Å²) < 4.78 is 56.2. The Morgan fingerprint density at radius 2 is 1.86 bits per heavy atom. The molecule has 0 N–H and O–H groups in total. The quantitative estimate of drug-likeness (QED) is 0.755. The van der Waals surface area contributed by atoms with Crippen molar-refractivity contribution >= 4 is 16.8 Å². The van der Waals surface area contributed by atoms with Crippen LogP contribution in [0.2, 0.25) is 0 Å². The van der Waals surface area contributed by atoms with Crippen LogP contribution in [0.1, 0.15) is 18.9 Å². The van der Waals surface area contributed by atoms with E-state index in [1.165, 1.54) is 19.2 Å². The number of carbonyl (C=O) groups is 1. The van der Waals surface area contributed by atoms with Crippen molar-refractivity contribution in [1.29, 1.82) is 0 Å². The van der Waals surface area contributed by atoms with Gasteiger partial charge in [0.25, 0.3) is 0 Å². The van der Waals surface area contributed by atoms with Crippen molar-refractivity contribution in [2.45, 2.75) is 30.7 Å². The Balaban J connectivity index is 2.59. The van der Waals surface area contributed by atoms with E-state index in [1.54, 1.807) is 6.92 Å². The molecule has 2 unspecified atom stereocenters. The molecule has 2 atom stereocenters. The summed E-state index contributed by atoms with van der Waals surface area (Å²) in [6.45, 7) is 1.65. The Kier molecular flexibility index (Phi) is 6.19. The van der Waals surface area contributed by atoms with Gasteiger partial charge in [-0.1, -0.05) is 19.1 Å². The number of carbonyl (C=O) groups excluding carboxylic acids is 1. The molecular weight excluding hydrogens is 309 g/mol. The summed E-state index contributed by atoms with van der Waals surface area (Å²) in [6.07, 6.45) is -4.71. The molecule has 8 heteroatoms. The maximum atomic E-state index is 12.0. The van der Waals surface area contributed by atoms with Crippen LogP contribution in [-0.4, -0.2) is 28.9 Å². The SMILES string of the molecule is COC(=O)CC(C)S(=O)Cc1ccc(OC(F)(F)F)cc1.